The second-order valence-corrected chi connectivity index (χ2v) is 22.3. The Kier molecular flexibility index (Phi) is 23.3. The third kappa shape index (κ3) is 14.4. The minimum absolute atomic E-state index is 0.0350. The van der Waals surface area contributed by atoms with Gasteiger partial charge in [-0.3, -0.25) is 4.79 Å². The number of carbonyl (C=O) groups excluding carboxylic acids is 1. The minimum atomic E-state index is -2.45. The van der Waals surface area contributed by atoms with Gasteiger partial charge in [-0.05, 0) is 6.42 Å². The van der Waals surface area contributed by atoms with Gasteiger partial charge >= 0.3 is 17.9 Å². The van der Waals surface area contributed by atoms with Gasteiger partial charge in [0, 0.05) is 19.8 Å². The molecule has 0 bridgehead atoms. The van der Waals surface area contributed by atoms with Crippen LogP contribution in [0.25, 0.3) is 0 Å². The molecule has 0 spiro atoms. The van der Waals surface area contributed by atoms with E-state index in [1.165, 1.54) is 6.92 Å². The molecule has 38 heteroatoms. The first kappa shape index (κ1) is 70.0. The zero-order valence-electron chi connectivity index (χ0n) is 46.7. The molecule has 8 saturated heterocycles. The largest absolute Gasteiger partial charge is 0.479 e. The van der Waals surface area contributed by atoms with E-state index in [4.69, 9.17) is 75.8 Å². The van der Waals surface area contributed by atoms with Crippen molar-refractivity contribution in [2.45, 2.75) is 249 Å². The maximum absolute atomic E-state index is 12.9. The van der Waals surface area contributed by atoms with Crippen molar-refractivity contribution in [2.24, 2.45) is 5.92 Å². The monoisotopic (exact) mass is 1270 g/mol. The van der Waals surface area contributed by atoms with E-state index in [2.05, 4.69) is 0 Å². The number of fused-ring (bicyclic) bond motifs is 1. The number of hydrogen-bond acceptors (Lipinski definition) is 36. The Morgan fingerprint density at radius 2 is 0.908 bits per heavy atom. The fourth-order valence-electron chi connectivity index (χ4n) is 11.3. The average molecular weight is 1280 g/mol. The number of rotatable bonds is 20. The van der Waals surface area contributed by atoms with Crippen LogP contribution in [0.5, 0.6) is 0 Å². The molecule has 0 aromatic heterocycles. The first-order valence-electron chi connectivity index (χ1n) is 27.8. The minimum Gasteiger partial charge on any atom is -0.479 e. The molecule has 8 aliphatic heterocycles. The lowest BCUT2D eigenvalue weighted by molar-refractivity contribution is -0.411. The van der Waals surface area contributed by atoms with E-state index in [0.29, 0.717) is 0 Å². The molecule has 0 aromatic rings. The number of aliphatic hydroxyl groups excluding tert-OH is 17. The highest BCUT2D eigenvalue weighted by atomic mass is 16.8. The van der Waals surface area contributed by atoms with Crippen molar-refractivity contribution in [1.29, 1.82) is 0 Å². The molecule has 8 fully saturated rings. The zero-order valence-corrected chi connectivity index (χ0v) is 46.7. The Morgan fingerprint density at radius 3 is 1.51 bits per heavy atom. The molecule has 19 N–H and O–H groups in total. The fraction of sp³-hybridized carbons (Fsp3) is 0.939. The van der Waals surface area contributed by atoms with Gasteiger partial charge in [0.05, 0.1) is 38.6 Å². The summed E-state index contributed by atoms with van der Waals surface area (Å²) < 4.78 is 92.2. The van der Waals surface area contributed by atoms with Crippen LogP contribution in [0, 0.1) is 5.92 Å². The van der Waals surface area contributed by atoms with Crippen molar-refractivity contribution in [3.05, 3.63) is 0 Å². The van der Waals surface area contributed by atoms with Gasteiger partial charge in [-0.2, -0.15) is 0 Å². The molecule has 0 aromatic carbocycles. The Labute approximate surface area is 492 Å². The summed E-state index contributed by atoms with van der Waals surface area (Å²) in [4.78, 5) is 36.8. The predicted octanol–water partition coefficient (Wildman–Crippen LogP) is -12.1. The van der Waals surface area contributed by atoms with Crippen molar-refractivity contribution in [3.63, 3.8) is 0 Å². The van der Waals surface area contributed by atoms with Gasteiger partial charge in [-0.1, -0.05) is 13.8 Å². The summed E-state index contributed by atoms with van der Waals surface area (Å²) in [7, 11) is 0. The Balaban J connectivity index is 1.09. The van der Waals surface area contributed by atoms with Crippen LogP contribution in [-0.2, 0) is 90.2 Å². The topological polar surface area (TPSA) is 583 Å². The van der Waals surface area contributed by atoms with Gasteiger partial charge in [0.25, 0.3) is 5.79 Å². The van der Waals surface area contributed by atoms with Crippen LogP contribution >= 0.6 is 0 Å². The number of carbonyl (C=O) groups is 3. The van der Waals surface area contributed by atoms with E-state index in [0.717, 1.165) is 13.8 Å². The van der Waals surface area contributed by atoms with E-state index < -0.39 is 271 Å². The van der Waals surface area contributed by atoms with Crippen LogP contribution in [0.3, 0.4) is 0 Å². The lowest BCUT2D eigenvalue weighted by atomic mass is 9.90. The smallest absolute Gasteiger partial charge is 0.364 e. The molecule has 502 valence electrons. The summed E-state index contributed by atoms with van der Waals surface area (Å²) >= 11 is 0. The van der Waals surface area contributed by atoms with E-state index in [1.54, 1.807) is 6.92 Å². The highest BCUT2D eigenvalue weighted by molar-refractivity contribution is 5.75. The maximum atomic E-state index is 12.9. The van der Waals surface area contributed by atoms with Crippen LogP contribution < -0.4 is 0 Å². The molecule has 8 rings (SSSR count). The summed E-state index contributed by atoms with van der Waals surface area (Å²) in [5, 5.41) is 207. The van der Waals surface area contributed by atoms with Gasteiger partial charge in [-0.15, -0.1) is 0 Å². The van der Waals surface area contributed by atoms with Crippen LogP contribution in [0.4, 0.5) is 0 Å². The van der Waals surface area contributed by atoms with Gasteiger partial charge in [0.1, 0.15) is 153 Å². The summed E-state index contributed by atoms with van der Waals surface area (Å²) in [6.07, 6.45) is -67.0. The SMILES string of the molecule is CC[C@@H]1O[C@@H](O)C(O)C(O)[C@@H]1O[C@@H]1OC(CO)[C@@H](O[C@@H]2O[C@@H](CO)[C@@H](O[C@@H]3OC(CO)[C@@H](O)[C@H](O)C3O)C(O)C2O)[C@H](O[C@H]2OC(COC(C)=O)[C@@H](O)[C@H](O)C2O[C@@H]2OC(C(=O)O)[C@@H](O[C@@H]3OC4COC(C)(C(=O)O)O[C@H]4[C@H](O)C3O)[C@H](O)C2O)C1C. The third-order valence-electron chi connectivity index (χ3n) is 16.4. The number of carboxylic acid groups (broad SMARTS) is 2. The fourth-order valence-corrected chi connectivity index (χ4v) is 11.3. The first-order valence-corrected chi connectivity index (χ1v) is 27.8. The van der Waals surface area contributed by atoms with Crippen LogP contribution in [0.2, 0.25) is 0 Å². The van der Waals surface area contributed by atoms with Crippen molar-refractivity contribution in [2.75, 3.05) is 33.0 Å². The van der Waals surface area contributed by atoms with Crippen molar-refractivity contribution in [1.82, 2.24) is 0 Å². The van der Waals surface area contributed by atoms with Crippen molar-refractivity contribution in [3.8, 4) is 0 Å². The zero-order chi connectivity index (χ0) is 64.0. The summed E-state index contributed by atoms with van der Waals surface area (Å²) in [5.74, 6) is -8.17. The Bertz CT molecular complexity index is 2250. The van der Waals surface area contributed by atoms with Gasteiger partial charge in [0.2, 0.25) is 0 Å². The first-order chi connectivity index (χ1) is 41.0. The Morgan fingerprint density at radius 1 is 0.460 bits per heavy atom. The molecular weight excluding hydrogens is 1200 g/mol. The number of aliphatic hydroxyl groups is 17. The van der Waals surface area contributed by atoms with Crippen molar-refractivity contribution < 1.29 is 187 Å². The van der Waals surface area contributed by atoms with Gasteiger partial charge in [-0.25, -0.2) is 9.59 Å². The highest BCUT2D eigenvalue weighted by Gasteiger charge is 2.61. The molecule has 36 atom stereocenters. The van der Waals surface area contributed by atoms with Crippen molar-refractivity contribution >= 4 is 17.9 Å². The second-order valence-electron chi connectivity index (χ2n) is 22.3. The van der Waals surface area contributed by atoms with Gasteiger partial charge in [0.15, 0.2) is 50.1 Å². The predicted molar refractivity (Wildman–Crippen MR) is 262 cm³/mol. The molecule has 0 saturated carbocycles. The molecule has 87 heavy (non-hydrogen) atoms. The molecule has 0 aliphatic carbocycles. The molecule has 8 aliphatic rings. The normalized spacial score (nSPS) is 51.5. The molecule has 0 amide bonds. The summed E-state index contributed by atoms with van der Waals surface area (Å²) in [6, 6.07) is 0. The molecular formula is C49H78O38. The number of ether oxygens (including phenoxy) is 16. The number of esters is 1. The molecule has 8 heterocycles. The number of carboxylic acids is 2. The van der Waals surface area contributed by atoms with Crippen LogP contribution in [0.1, 0.15) is 34.1 Å². The third-order valence-corrected chi connectivity index (χ3v) is 16.4. The summed E-state index contributed by atoms with van der Waals surface area (Å²) in [5.41, 5.74) is 0. The second kappa shape index (κ2) is 29.0. The van der Waals surface area contributed by atoms with Crippen LogP contribution in [-0.4, -0.2) is 363 Å². The van der Waals surface area contributed by atoms with E-state index in [-0.39, 0.29) is 6.42 Å². The lowest BCUT2D eigenvalue weighted by Crippen LogP contribution is -2.69. The van der Waals surface area contributed by atoms with E-state index in [1.807, 2.05) is 0 Å². The quantitative estimate of drug-likeness (QED) is 0.0503. The Hall–Kier alpha value is -2.87. The maximum Gasteiger partial charge on any atom is 0.364 e. The number of hydrogen-bond donors (Lipinski definition) is 19. The number of aliphatic carboxylic acids is 2. The molecule has 38 nitrogen and oxygen atoms in total. The molecule has 0 radical (unpaired) electrons. The summed E-state index contributed by atoms with van der Waals surface area (Å²) in [6.45, 7) is 0.428. The van der Waals surface area contributed by atoms with E-state index >= 15 is 0 Å². The van der Waals surface area contributed by atoms with Gasteiger partial charge < -0.3 is 173 Å². The average Bonchev–Trinajstić information content (AvgIpc) is 0.973. The standard InChI is InChI=1S/C49H78O38/c1-5-13-33(23(58)27(62)41(69)74-13)81-42-11(2)32(36(16(8-52)76-42)83-44-29(64)24(59)34(15(7-51)77-44)82-43-28(63)21(56)19(54)14(6-50)75-43)80-47-38(22(57)20(55)17(78-47)9-72-12(3)53)85-46-31(66)26(61)37(39(86-46)40(67)68)84-45-30(65)25(60)35-18(79-45)10-73-49(4,87-35)48(70)71/h11,13-39,41-47,50-52,54-66,69H,5-10H2,1-4H3,(H,67,68)(H,70,71)/t11?,13-,14?,15-,16?,17?,18?,19+,20+,21-,22-,23?,24?,25+,26+,27?,28?,29?,30?,31?,32+,33+,34+,35+,36+,37-,38?,39?,41+,42-,43-,44-,45-,46+,47+,49?/m0/s1. The molecule has 15 unspecified atom stereocenters. The van der Waals surface area contributed by atoms with E-state index in [9.17, 15) is 111 Å². The highest BCUT2D eigenvalue weighted by Crippen LogP contribution is 2.41. The lowest BCUT2D eigenvalue weighted by Gasteiger charge is -2.52. The van der Waals surface area contributed by atoms with Crippen LogP contribution in [0.15, 0.2) is 0 Å².